The van der Waals surface area contributed by atoms with E-state index in [0.717, 1.165) is 5.56 Å². The van der Waals surface area contributed by atoms with Gasteiger partial charge in [-0.25, -0.2) is 4.79 Å². The number of ether oxygens (including phenoxy) is 2. The summed E-state index contributed by atoms with van der Waals surface area (Å²) in [7, 11) is 3.07. The van der Waals surface area contributed by atoms with Crippen LogP contribution in [0.15, 0.2) is 24.3 Å². The van der Waals surface area contributed by atoms with E-state index in [1.807, 2.05) is 0 Å². The molecule has 124 valence electrons. The van der Waals surface area contributed by atoms with E-state index in [1.54, 1.807) is 31.4 Å². The third kappa shape index (κ3) is 3.81. The van der Waals surface area contributed by atoms with Crippen molar-refractivity contribution < 1.29 is 24.2 Å². The molecule has 1 aromatic carbocycles. The molecule has 3 N–H and O–H groups in total. The van der Waals surface area contributed by atoms with Crippen LogP contribution in [0.4, 0.5) is 0 Å². The molecule has 0 aliphatic carbocycles. The number of benzene rings is 1. The van der Waals surface area contributed by atoms with Crippen LogP contribution < -0.4 is 15.2 Å². The average Bonchev–Trinajstić information content (AvgIpc) is 2.94. The van der Waals surface area contributed by atoms with E-state index in [-0.39, 0.29) is 24.9 Å². The van der Waals surface area contributed by atoms with Gasteiger partial charge in [0.2, 0.25) is 5.91 Å². The lowest BCUT2D eigenvalue weighted by molar-refractivity contribution is -0.146. The van der Waals surface area contributed by atoms with Crippen molar-refractivity contribution in [1.29, 1.82) is 0 Å². The number of carboxylic acid groups (broad SMARTS) is 1. The van der Waals surface area contributed by atoms with Gasteiger partial charge >= 0.3 is 5.97 Å². The highest BCUT2D eigenvalue weighted by atomic mass is 16.5. The van der Waals surface area contributed by atoms with Crippen LogP contribution in [0.25, 0.3) is 6.08 Å². The number of methoxy groups -OCH3 is 2. The van der Waals surface area contributed by atoms with Crippen molar-refractivity contribution in [3.8, 4) is 11.5 Å². The summed E-state index contributed by atoms with van der Waals surface area (Å²) < 4.78 is 10.3. The molecule has 0 spiro atoms. The van der Waals surface area contributed by atoms with Crippen molar-refractivity contribution in [1.82, 2.24) is 4.90 Å². The number of nitrogens with two attached hydrogens (primary N) is 1. The van der Waals surface area contributed by atoms with Gasteiger partial charge in [0.05, 0.1) is 14.2 Å². The van der Waals surface area contributed by atoms with Gasteiger partial charge in [-0.3, -0.25) is 4.79 Å². The molecule has 0 radical (unpaired) electrons. The van der Waals surface area contributed by atoms with Crippen LogP contribution >= 0.6 is 0 Å². The third-order valence-electron chi connectivity index (χ3n) is 3.73. The van der Waals surface area contributed by atoms with E-state index >= 15 is 0 Å². The van der Waals surface area contributed by atoms with Crippen LogP contribution in [0.1, 0.15) is 12.0 Å². The highest BCUT2D eigenvalue weighted by Crippen LogP contribution is 2.28. The minimum absolute atomic E-state index is 0.242. The number of rotatable bonds is 5. The first-order valence-electron chi connectivity index (χ1n) is 7.15. The minimum Gasteiger partial charge on any atom is -0.493 e. The molecule has 2 atom stereocenters. The second-order valence-electron chi connectivity index (χ2n) is 5.29. The molecule has 1 fully saturated rings. The first-order valence-corrected chi connectivity index (χ1v) is 7.15. The van der Waals surface area contributed by atoms with Crippen LogP contribution in [0.3, 0.4) is 0 Å². The lowest BCUT2D eigenvalue weighted by Gasteiger charge is -2.19. The third-order valence-corrected chi connectivity index (χ3v) is 3.73. The maximum atomic E-state index is 12.2. The van der Waals surface area contributed by atoms with Gasteiger partial charge in [-0.15, -0.1) is 0 Å². The van der Waals surface area contributed by atoms with Gasteiger partial charge in [-0.2, -0.15) is 0 Å². The fraction of sp³-hybridized carbons (Fsp3) is 0.375. The SMILES string of the molecule is COc1ccc(/C=C/C(=O)N2CC(N)CC2C(=O)O)cc1OC. The molecule has 7 nitrogen and oxygen atoms in total. The molecule has 1 aliphatic heterocycles. The first kappa shape index (κ1) is 16.8. The number of carbonyl (C=O) groups is 2. The summed E-state index contributed by atoms with van der Waals surface area (Å²) in [5.74, 6) is -0.271. The summed E-state index contributed by atoms with van der Waals surface area (Å²) in [6.45, 7) is 0.242. The second-order valence-corrected chi connectivity index (χ2v) is 5.29. The highest BCUT2D eigenvalue weighted by molar-refractivity contribution is 5.95. The van der Waals surface area contributed by atoms with Crippen molar-refractivity contribution in [2.24, 2.45) is 5.73 Å². The number of amides is 1. The molecular weight excluding hydrogens is 300 g/mol. The quantitative estimate of drug-likeness (QED) is 0.776. The molecule has 1 aliphatic rings. The van der Waals surface area contributed by atoms with E-state index in [0.29, 0.717) is 11.5 Å². The van der Waals surface area contributed by atoms with Crippen molar-refractivity contribution in [2.45, 2.75) is 18.5 Å². The molecule has 0 aromatic heterocycles. The lowest BCUT2D eigenvalue weighted by Crippen LogP contribution is -2.39. The van der Waals surface area contributed by atoms with E-state index in [9.17, 15) is 9.59 Å². The Balaban J connectivity index is 2.13. The number of aliphatic carboxylic acids is 1. The van der Waals surface area contributed by atoms with Crippen LogP contribution in [0.5, 0.6) is 11.5 Å². The highest BCUT2D eigenvalue weighted by Gasteiger charge is 2.37. The van der Waals surface area contributed by atoms with Crippen molar-refractivity contribution in [3.63, 3.8) is 0 Å². The molecule has 23 heavy (non-hydrogen) atoms. The Labute approximate surface area is 134 Å². The molecule has 1 heterocycles. The standard InChI is InChI=1S/C16H20N2O5/c1-22-13-5-3-10(7-14(13)23-2)4-6-15(19)18-9-11(17)8-12(18)16(20)21/h3-7,11-12H,8-9,17H2,1-2H3,(H,20,21)/b6-4+. The molecule has 2 rings (SSSR count). The van der Waals surface area contributed by atoms with Gasteiger partial charge < -0.3 is 25.2 Å². The largest absolute Gasteiger partial charge is 0.493 e. The van der Waals surface area contributed by atoms with Crippen LogP contribution in [-0.4, -0.2) is 54.7 Å². The summed E-state index contributed by atoms with van der Waals surface area (Å²) in [5.41, 5.74) is 6.50. The number of nitrogens with zero attached hydrogens (tertiary/aromatic N) is 1. The Morgan fingerprint density at radius 3 is 2.61 bits per heavy atom. The number of hydrogen-bond acceptors (Lipinski definition) is 5. The molecule has 1 saturated heterocycles. The summed E-state index contributed by atoms with van der Waals surface area (Å²) in [6.07, 6.45) is 3.22. The molecule has 1 aromatic rings. The Bertz CT molecular complexity index is 629. The van der Waals surface area contributed by atoms with Gasteiger partial charge in [0.15, 0.2) is 11.5 Å². The van der Waals surface area contributed by atoms with Crippen molar-refractivity contribution in [2.75, 3.05) is 20.8 Å². The van der Waals surface area contributed by atoms with Gasteiger partial charge in [0.1, 0.15) is 6.04 Å². The van der Waals surface area contributed by atoms with E-state index in [1.165, 1.54) is 18.1 Å². The molecule has 0 bridgehead atoms. The molecule has 0 saturated carbocycles. The Hall–Kier alpha value is -2.54. The normalized spacial score (nSPS) is 20.7. The number of likely N-dealkylation sites (tertiary alicyclic amines) is 1. The number of carboxylic acids is 1. The number of carbonyl (C=O) groups excluding carboxylic acids is 1. The van der Waals surface area contributed by atoms with Crippen LogP contribution in [0.2, 0.25) is 0 Å². The van der Waals surface area contributed by atoms with Crippen LogP contribution in [-0.2, 0) is 9.59 Å². The fourth-order valence-corrected chi connectivity index (χ4v) is 2.57. The smallest absolute Gasteiger partial charge is 0.326 e. The van der Waals surface area contributed by atoms with Crippen molar-refractivity contribution >= 4 is 18.0 Å². The van der Waals surface area contributed by atoms with Gasteiger partial charge in [0.25, 0.3) is 0 Å². The monoisotopic (exact) mass is 320 g/mol. The molecule has 1 amide bonds. The van der Waals surface area contributed by atoms with Crippen molar-refractivity contribution in [3.05, 3.63) is 29.8 Å². The molecular formula is C16H20N2O5. The van der Waals surface area contributed by atoms with Crippen LogP contribution in [0, 0.1) is 0 Å². The summed E-state index contributed by atoms with van der Waals surface area (Å²) >= 11 is 0. The summed E-state index contributed by atoms with van der Waals surface area (Å²) in [5, 5.41) is 9.16. The van der Waals surface area contributed by atoms with E-state index < -0.39 is 12.0 Å². The minimum atomic E-state index is -1.04. The van der Waals surface area contributed by atoms with E-state index in [2.05, 4.69) is 0 Å². The maximum Gasteiger partial charge on any atom is 0.326 e. The van der Waals surface area contributed by atoms with Gasteiger partial charge in [0, 0.05) is 18.7 Å². The Morgan fingerprint density at radius 1 is 1.30 bits per heavy atom. The zero-order chi connectivity index (χ0) is 17.0. The first-order chi connectivity index (χ1) is 11.0. The molecule has 2 unspecified atom stereocenters. The second kappa shape index (κ2) is 7.15. The molecule has 7 heteroatoms. The van der Waals surface area contributed by atoms with Gasteiger partial charge in [-0.05, 0) is 30.2 Å². The predicted octanol–water partition coefficient (Wildman–Crippen LogP) is 0.730. The zero-order valence-electron chi connectivity index (χ0n) is 13.1. The predicted molar refractivity (Wildman–Crippen MR) is 84.3 cm³/mol. The topological polar surface area (TPSA) is 102 Å². The zero-order valence-corrected chi connectivity index (χ0v) is 13.1. The lowest BCUT2D eigenvalue weighted by atomic mass is 10.1. The average molecular weight is 320 g/mol. The summed E-state index contributed by atoms with van der Waals surface area (Å²) in [6, 6.07) is 4.05. The number of hydrogen-bond donors (Lipinski definition) is 2. The Kier molecular flexibility index (Phi) is 5.23. The summed E-state index contributed by atoms with van der Waals surface area (Å²) in [4.78, 5) is 24.7. The Morgan fingerprint density at radius 2 is 2.00 bits per heavy atom. The fourth-order valence-electron chi connectivity index (χ4n) is 2.57. The van der Waals surface area contributed by atoms with E-state index in [4.69, 9.17) is 20.3 Å². The van der Waals surface area contributed by atoms with Gasteiger partial charge in [-0.1, -0.05) is 6.07 Å². The maximum absolute atomic E-state index is 12.2.